The van der Waals surface area contributed by atoms with Crippen molar-refractivity contribution in [3.05, 3.63) is 70.1 Å². The molecule has 11 nitrogen and oxygen atoms in total. The van der Waals surface area contributed by atoms with Crippen LogP contribution in [0.5, 0.6) is 0 Å². The number of nitrogens with one attached hydrogen (secondary N) is 1. The van der Waals surface area contributed by atoms with Gasteiger partial charge in [0.25, 0.3) is 15.9 Å². The van der Waals surface area contributed by atoms with Crippen molar-refractivity contribution in [1.29, 1.82) is 0 Å². The van der Waals surface area contributed by atoms with E-state index in [0.717, 1.165) is 28.6 Å². The number of sulfonamides is 1. The Labute approximate surface area is 247 Å². The number of anilines is 3. The van der Waals surface area contributed by atoms with Crippen molar-refractivity contribution in [1.82, 2.24) is 20.2 Å². The summed E-state index contributed by atoms with van der Waals surface area (Å²) in [5.74, 6) is -0.941. The molecule has 5 rings (SSSR count). The third kappa shape index (κ3) is 6.11. The summed E-state index contributed by atoms with van der Waals surface area (Å²) in [4.78, 5) is 36.6. The molecule has 0 radical (unpaired) electrons. The summed E-state index contributed by atoms with van der Waals surface area (Å²) in [6, 6.07) is 8.75. The largest absolute Gasteiger partial charge is 0.480 e. The third-order valence-electron chi connectivity index (χ3n) is 6.49. The molecule has 3 heterocycles. The fourth-order valence-corrected chi connectivity index (χ4v) is 6.76. The molecule has 1 amide bonds. The number of hydrogen-bond acceptors (Lipinski definition) is 8. The third-order valence-corrected chi connectivity index (χ3v) is 8.68. The predicted molar refractivity (Wildman–Crippen MR) is 154 cm³/mol. The minimum Gasteiger partial charge on any atom is -0.480 e. The minimum atomic E-state index is -4.29. The Morgan fingerprint density at radius 2 is 1.70 bits per heavy atom. The van der Waals surface area contributed by atoms with Gasteiger partial charge in [-0.3, -0.25) is 13.9 Å². The van der Waals surface area contributed by atoms with Crippen LogP contribution in [-0.2, 0) is 21.2 Å². The molecule has 1 fully saturated rings. The number of hydrogen-bond donors (Lipinski definition) is 2. The summed E-state index contributed by atoms with van der Waals surface area (Å²) in [6.45, 7) is 2.47. The Bertz CT molecular complexity index is 1510. The Hall–Kier alpha value is -3.16. The van der Waals surface area contributed by atoms with Gasteiger partial charge in [-0.05, 0) is 48.4 Å². The van der Waals surface area contributed by atoms with Gasteiger partial charge in [-0.25, -0.2) is 18.4 Å². The number of piperazine rings is 1. The zero-order valence-corrected chi connectivity index (χ0v) is 24.1. The van der Waals surface area contributed by atoms with Crippen LogP contribution in [0.4, 0.5) is 17.2 Å². The maximum Gasteiger partial charge on any atom is 0.324 e. The van der Waals surface area contributed by atoms with E-state index in [1.54, 1.807) is 29.3 Å². The normalized spacial score (nSPS) is 14.8. The first-order chi connectivity index (χ1) is 18.6. The number of carbonyl (C=O) groups is 2. The average Bonchev–Trinajstić information content (AvgIpc) is 3.34. The Morgan fingerprint density at radius 1 is 1.00 bits per heavy atom. The molecular weight excluding hydrogens is 603 g/mol. The molecule has 2 aromatic carbocycles. The highest BCUT2D eigenvalue weighted by molar-refractivity contribution is 7.92. The zero-order chi connectivity index (χ0) is 27.7. The van der Waals surface area contributed by atoms with Crippen LogP contribution in [0.1, 0.15) is 16.1 Å². The van der Waals surface area contributed by atoms with Crippen LogP contribution in [0.15, 0.2) is 53.7 Å². The van der Waals surface area contributed by atoms with Crippen molar-refractivity contribution < 1.29 is 23.1 Å². The second kappa shape index (κ2) is 12.1. The number of aliphatic carboxylic acids is 1. The summed E-state index contributed by atoms with van der Waals surface area (Å²) in [7, 11) is -4.29. The number of amides is 1. The number of nitrogens with zero attached hydrogens (tertiary/aromatic N) is 5. The fraction of sp³-hybridized carbons (Fsp3) is 0.280. The van der Waals surface area contributed by atoms with E-state index in [1.165, 1.54) is 24.4 Å². The average molecular weight is 628 g/mol. The Kier molecular flexibility index (Phi) is 9.06. The standard InChI is InChI=1S/C25H24Cl2N6O5S.ClH/c26-17-10-18(27)12-20(11-17)39(37,38)33(15-24(34)35)19-1-2-22-16(9-19)3-6-32(22)23-14-29-21(13-30-23)25(36)31-7-4-28-5-8-31;/h1-2,9-14,28H,3-8,15H2,(H,34,35);1H. The maximum absolute atomic E-state index is 13.4. The highest BCUT2D eigenvalue weighted by Crippen LogP contribution is 2.37. The molecule has 2 aliphatic heterocycles. The van der Waals surface area contributed by atoms with Crippen molar-refractivity contribution in [2.45, 2.75) is 11.3 Å². The lowest BCUT2D eigenvalue weighted by Gasteiger charge is -2.27. The molecule has 0 unspecified atom stereocenters. The Morgan fingerprint density at radius 3 is 2.33 bits per heavy atom. The van der Waals surface area contributed by atoms with E-state index in [0.29, 0.717) is 31.9 Å². The zero-order valence-electron chi connectivity index (χ0n) is 21.0. The van der Waals surface area contributed by atoms with Gasteiger partial charge in [-0.1, -0.05) is 23.2 Å². The number of rotatable bonds is 7. The monoisotopic (exact) mass is 626 g/mol. The first kappa shape index (κ1) is 29.8. The van der Waals surface area contributed by atoms with Crippen LogP contribution in [0.25, 0.3) is 0 Å². The minimum absolute atomic E-state index is 0. The molecule has 1 aromatic heterocycles. The number of benzene rings is 2. The van der Waals surface area contributed by atoms with Crippen LogP contribution in [0.3, 0.4) is 0 Å². The molecule has 1 saturated heterocycles. The molecule has 0 bridgehead atoms. The van der Waals surface area contributed by atoms with E-state index in [9.17, 15) is 23.1 Å². The molecule has 3 aromatic rings. The molecule has 0 spiro atoms. The Balaban J connectivity index is 0.00000370. The molecule has 2 aliphatic rings. The second-order valence-corrected chi connectivity index (χ2v) is 11.8. The van der Waals surface area contributed by atoms with Gasteiger partial charge in [0.2, 0.25) is 0 Å². The van der Waals surface area contributed by atoms with E-state index < -0.39 is 22.5 Å². The van der Waals surface area contributed by atoms with Gasteiger partial charge < -0.3 is 20.2 Å². The topological polar surface area (TPSA) is 136 Å². The van der Waals surface area contributed by atoms with Crippen molar-refractivity contribution >= 4 is 74.7 Å². The molecule has 0 atom stereocenters. The molecule has 15 heteroatoms. The summed E-state index contributed by atoms with van der Waals surface area (Å²) in [6.07, 6.45) is 3.57. The number of aromatic nitrogens is 2. The molecule has 0 aliphatic carbocycles. The number of halogens is 3. The first-order valence-electron chi connectivity index (χ1n) is 12.1. The lowest BCUT2D eigenvalue weighted by molar-refractivity contribution is -0.135. The summed E-state index contributed by atoms with van der Waals surface area (Å²) in [5, 5.41) is 12.9. The molecule has 40 heavy (non-hydrogen) atoms. The van der Waals surface area contributed by atoms with Crippen LogP contribution >= 0.6 is 35.6 Å². The van der Waals surface area contributed by atoms with Crippen molar-refractivity contribution in [3.63, 3.8) is 0 Å². The molecule has 0 saturated carbocycles. The summed E-state index contributed by atoms with van der Waals surface area (Å²) >= 11 is 12.0. The van der Waals surface area contributed by atoms with Crippen LogP contribution < -0.4 is 14.5 Å². The van der Waals surface area contributed by atoms with Crippen molar-refractivity contribution in [2.75, 3.05) is 48.5 Å². The van der Waals surface area contributed by atoms with Gasteiger partial charge in [0.05, 0.1) is 23.0 Å². The summed E-state index contributed by atoms with van der Waals surface area (Å²) in [5.41, 5.74) is 2.06. The lowest BCUT2D eigenvalue weighted by Crippen LogP contribution is -2.46. The maximum atomic E-state index is 13.4. The van der Waals surface area contributed by atoms with Crippen LogP contribution in [0, 0.1) is 0 Å². The molecular formula is C25H25Cl3N6O5S. The number of fused-ring (bicyclic) bond motifs is 1. The fourth-order valence-electron chi connectivity index (χ4n) is 4.62. The van der Waals surface area contributed by atoms with Gasteiger partial charge in [-0.2, -0.15) is 0 Å². The molecule has 212 valence electrons. The number of carboxylic acids is 1. The van der Waals surface area contributed by atoms with Gasteiger partial charge in [0, 0.05) is 48.5 Å². The second-order valence-electron chi connectivity index (χ2n) is 9.03. The van der Waals surface area contributed by atoms with Crippen molar-refractivity contribution in [2.24, 2.45) is 0 Å². The highest BCUT2D eigenvalue weighted by atomic mass is 35.5. The van der Waals surface area contributed by atoms with Crippen LogP contribution in [-0.4, -0.2) is 79.5 Å². The van der Waals surface area contributed by atoms with Crippen LogP contribution in [0.2, 0.25) is 10.0 Å². The molecule has 2 N–H and O–H groups in total. The van der Waals surface area contributed by atoms with Crippen molar-refractivity contribution in [3.8, 4) is 0 Å². The highest BCUT2D eigenvalue weighted by Gasteiger charge is 2.30. The number of carboxylic acid groups (broad SMARTS) is 1. The van der Waals surface area contributed by atoms with Gasteiger partial charge >= 0.3 is 5.97 Å². The van der Waals surface area contributed by atoms with E-state index in [4.69, 9.17) is 23.2 Å². The number of carbonyl (C=O) groups excluding carboxylic acids is 1. The van der Waals surface area contributed by atoms with Gasteiger partial charge in [0.15, 0.2) is 5.82 Å². The van der Waals surface area contributed by atoms with E-state index >= 15 is 0 Å². The summed E-state index contributed by atoms with van der Waals surface area (Å²) < 4.78 is 27.7. The SMILES string of the molecule is Cl.O=C(O)CN(c1ccc2c(c1)CCN2c1cnc(C(=O)N2CCNCC2)cn1)S(=O)(=O)c1cc(Cl)cc(Cl)c1. The van der Waals surface area contributed by atoms with E-state index in [2.05, 4.69) is 15.3 Å². The van der Waals surface area contributed by atoms with E-state index in [1.807, 2.05) is 4.90 Å². The first-order valence-corrected chi connectivity index (χ1v) is 14.3. The van der Waals surface area contributed by atoms with Gasteiger partial charge in [0.1, 0.15) is 12.2 Å². The van der Waals surface area contributed by atoms with Gasteiger partial charge in [-0.15, -0.1) is 12.4 Å². The van der Waals surface area contributed by atoms with E-state index in [-0.39, 0.29) is 44.6 Å². The smallest absolute Gasteiger partial charge is 0.324 e. The predicted octanol–water partition coefficient (Wildman–Crippen LogP) is 3.22. The quantitative estimate of drug-likeness (QED) is 0.405. The lowest BCUT2D eigenvalue weighted by atomic mass is 10.1.